The third-order valence-corrected chi connectivity index (χ3v) is 8.17. The Bertz CT molecular complexity index is 1770. The third kappa shape index (κ3) is 5.60. The molecule has 1 saturated carbocycles. The summed E-state index contributed by atoms with van der Waals surface area (Å²) in [5, 5.41) is 15.8. The molecule has 5 aromatic rings. The molecule has 1 heterocycles. The summed E-state index contributed by atoms with van der Waals surface area (Å²) >= 11 is 6.29. The Balaban J connectivity index is 0.00000353. The van der Waals surface area contributed by atoms with Crippen molar-refractivity contribution in [1.29, 1.82) is 0 Å². The van der Waals surface area contributed by atoms with Crippen molar-refractivity contribution in [2.75, 3.05) is 5.32 Å². The first-order valence-electron chi connectivity index (χ1n) is 13.4. The van der Waals surface area contributed by atoms with E-state index in [1.807, 2.05) is 91.9 Å². The molecule has 1 N–H and O–H groups in total. The Labute approximate surface area is 270 Å². The van der Waals surface area contributed by atoms with Crippen LogP contribution in [0.15, 0.2) is 95.4 Å². The van der Waals surface area contributed by atoms with Gasteiger partial charge in [0.05, 0.1) is 11.7 Å². The molecule has 8 heteroatoms. The number of carboxylic acids is 1. The van der Waals surface area contributed by atoms with Crippen molar-refractivity contribution in [3.05, 3.63) is 113 Å². The van der Waals surface area contributed by atoms with Gasteiger partial charge in [0.2, 0.25) is 0 Å². The van der Waals surface area contributed by atoms with Crippen LogP contribution in [0.5, 0.6) is 0 Å². The fourth-order valence-corrected chi connectivity index (χ4v) is 5.57. The molecule has 1 aliphatic carbocycles. The summed E-state index contributed by atoms with van der Waals surface area (Å²) < 4.78 is 12.0. The van der Waals surface area contributed by atoms with Gasteiger partial charge in [0.25, 0.3) is 0 Å². The van der Waals surface area contributed by atoms with Crippen LogP contribution in [0, 0.1) is 6.92 Å². The first-order chi connectivity index (χ1) is 19.8. The summed E-state index contributed by atoms with van der Waals surface area (Å²) in [7, 11) is 0. The van der Waals surface area contributed by atoms with Crippen molar-refractivity contribution >= 4 is 40.3 Å². The number of para-hydroxylation sites is 1. The fraction of sp³-hybridized carbons (Fsp3) is 0.176. The summed E-state index contributed by atoms with van der Waals surface area (Å²) in [6.07, 6.45) is 0.0515. The Morgan fingerprint density at radius 3 is 2.14 bits per heavy atom. The number of furan rings is 1. The van der Waals surface area contributed by atoms with E-state index in [4.69, 9.17) is 20.8 Å². The average molecular weight is 588 g/mol. The standard InChI is InChI=1S/C34H28ClNO5.Na/c1-20-6-5-8-27-29(36-33(39)40-21(2)26-7-3-4-9-28(26)35)31(41-30(20)27)24-12-10-22(11-13-24)23-14-16-25(17-15-23)34(18-19-34)32(37)38;/h3-17,21H,18-19H2,1-2H3,(H,36,39)(H,37,38);/q;+1/p-1/t21-;/m1./s1. The Kier molecular flexibility index (Phi) is 8.53. The molecule has 0 radical (unpaired) electrons. The molecule has 1 atom stereocenters. The normalized spacial score (nSPS) is 14.1. The largest absolute Gasteiger partial charge is 1.00 e. The topological polar surface area (TPSA) is 91.6 Å². The van der Waals surface area contributed by atoms with Gasteiger partial charge in [0.1, 0.15) is 11.7 Å². The number of anilines is 1. The maximum absolute atomic E-state index is 13.0. The van der Waals surface area contributed by atoms with E-state index in [1.165, 1.54) is 0 Å². The number of aliphatic carboxylic acids is 1. The van der Waals surface area contributed by atoms with E-state index in [2.05, 4.69) is 5.32 Å². The van der Waals surface area contributed by atoms with Gasteiger partial charge in [-0.25, -0.2) is 4.79 Å². The van der Waals surface area contributed by atoms with E-state index in [0.717, 1.165) is 33.2 Å². The van der Waals surface area contributed by atoms with Crippen LogP contribution in [0.3, 0.4) is 0 Å². The Morgan fingerprint density at radius 1 is 0.905 bits per heavy atom. The molecule has 1 fully saturated rings. The molecule has 1 aromatic heterocycles. The van der Waals surface area contributed by atoms with Gasteiger partial charge < -0.3 is 19.1 Å². The van der Waals surface area contributed by atoms with Crippen molar-refractivity contribution in [2.45, 2.75) is 38.2 Å². The van der Waals surface area contributed by atoms with Crippen LogP contribution < -0.4 is 40.0 Å². The summed E-state index contributed by atoms with van der Waals surface area (Å²) in [6.45, 7) is 3.73. The van der Waals surface area contributed by atoms with E-state index in [9.17, 15) is 14.7 Å². The molecule has 1 amide bonds. The van der Waals surface area contributed by atoms with Crippen molar-refractivity contribution in [2.24, 2.45) is 0 Å². The molecular weight excluding hydrogens is 561 g/mol. The second-order valence-electron chi connectivity index (χ2n) is 10.5. The maximum atomic E-state index is 13.0. The number of carbonyl (C=O) groups is 2. The zero-order chi connectivity index (χ0) is 28.7. The first-order valence-corrected chi connectivity index (χ1v) is 13.8. The van der Waals surface area contributed by atoms with Gasteiger partial charge in [0.15, 0.2) is 5.76 Å². The van der Waals surface area contributed by atoms with Gasteiger partial charge in [-0.05, 0) is 61.1 Å². The van der Waals surface area contributed by atoms with Crippen LogP contribution in [-0.4, -0.2) is 12.1 Å². The molecule has 0 spiro atoms. The molecule has 42 heavy (non-hydrogen) atoms. The quantitative estimate of drug-likeness (QED) is 0.276. The third-order valence-electron chi connectivity index (χ3n) is 7.83. The SMILES string of the molecule is Cc1cccc2c(NC(=O)O[C@H](C)c3ccccc3Cl)c(-c3ccc(-c4ccc(C5(C(=O)[O-])CC5)cc4)cc3)oc12.[Na+]. The van der Waals surface area contributed by atoms with Crippen molar-refractivity contribution in [3.8, 4) is 22.5 Å². The molecule has 206 valence electrons. The number of rotatable bonds is 7. The van der Waals surface area contributed by atoms with Crippen LogP contribution in [0.1, 0.15) is 42.6 Å². The second kappa shape index (κ2) is 12.0. The molecule has 0 bridgehead atoms. The Morgan fingerprint density at radius 2 is 1.52 bits per heavy atom. The van der Waals surface area contributed by atoms with E-state index in [0.29, 0.717) is 40.5 Å². The number of carboxylic acid groups (broad SMARTS) is 1. The van der Waals surface area contributed by atoms with Gasteiger partial charge in [-0.15, -0.1) is 0 Å². The molecule has 1 aliphatic rings. The molecule has 0 unspecified atom stereocenters. The molecule has 0 aliphatic heterocycles. The van der Waals surface area contributed by atoms with Crippen molar-refractivity contribution in [1.82, 2.24) is 0 Å². The number of ether oxygens (including phenoxy) is 1. The van der Waals surface area contributed by atoms with Gasteiger partial charge in [-0.2, -0.15) is 0 Å². The summed E-state index contributed by atoms with van der Waals surface area (Å²) in [5.74, 6) is -0.495. The minimum atomic E-state index is -1.01. The van der Waals surface area contributed by atoms with Crippen LogP contribution in [0.25, 0.3) is 33.4 Å². The minimum Gasteiger partial charge on any atom is -0.549 e. The molecule has 6 rings (SSSR count). The molecule has 6 nitrogen and oxygen atoms in total. The van der Waals surface area contributed by atoms with Gasteiger partial charge >= 0.3 is 35.7 Å². The van der Waals surface area contributed by atoms with Crippen molar-refractivity contribution < 1.29 is 53.4 Å². The van der Waals surface area contributed by atoms with Crippen LogP contribution in [-0.2, 0) is 14.9 Å². The average Bonchev–Trinajstić information content (AvgIpc) is 3.71. The second-order valence-corrected chi connectivity index (χ2v) is 10.9. The molecule has 4 aromatic carbocycles. The number of amides is 1. The zero-order valence-corrected chi connectivity index (χ0v) is 26.3. The number of benzene rings is 4. The van der Waals surface area contributed by atoms with Crippen molar-refractivity contribution in [3.63, 3.8) is 0 Å². The Hall–Kier alpha value is -3.55. The smallest absolute Gasteiger partial charge is 0.549 e. The first kappa shape index (κ1) is 29.9. The fourth-order valence-electron chi connectivity index (χ4n) is 5.28. The van der Waals surface area contributed by atoms with Gasteiger partial charge in [-0.1, -0.05) is 90.5 Å². The predicted molar refractivity (Wildman–Crippen MR) is 158 cm³/mol. The van der Waals surface area contributed by atoms with E-state index in [-0.39, 0.29) is 29.6 Å². The number of nitrogens with one attached hydrogen (secondary N) is 1. The minimum absolute atomic E-state index is 0. The summed E-state index contributed by atoms with van der Waals surface area (Å²) in [6, 6.07) is 28.4. The number of hydrogen-bond acceptors (Lipinski definition) is 5. The zero-order valence-electron chi connectivity index (χ0n) is 23.6. The number of fused-ring (bicyclic) bond motifs is 1. The number of carbonyl (C=O) groups excluding carboxylic acids is 2. The summed E-state index contributed by atoms with van der Waals surface area (Å²) in [4.78, 5) is 24.6. The number of halogens is 1. The molecule has 0 saturated heterocycles. The summed E-state index contributed by atoms with van der Waals surface area (Å²) in [5.41, 5.74) is 5.51. The van der Waals surface area contributed by atoms with Crippen LogP contribution in [0.2, 0.25) is 5.02 Å². The maximum Gasteiger partial charge on any atom is 1.00 e. The van der Waals surface area contributed by atoms with Crippen LogP contribution in [0.4, 0.5) is 10.5 Å². The van der Waals surface area contributed by atoms with Gasteiger partial charge in [-0.3, -0.25) is 5.32 Å². The van der Waals surface area contributed by atoms with Gasteiger partial charge in [0, 0.05) is 27.0 Å². The van der Waals surface area contributed by atoms with E-state index < -0.39 is 23.6 Å². The van der Waals surface area contributed by atoms with Crippen LogP contribution >= 0.6 is 11.6 Å². The number of aryl methyl sites for hydroxylation is 1. The number of hydrogen-bond donors (Lipinski definition) is 1. The predicted octanol–water partition coefficient (Wildman–Crippen LogP) is 4.82. The van der Waals surface area contributed by atoms with E-state index in [1.54, 1.807) is 13.0 Å². The van der Waals surface area contributed by atoms with E-state index >= 15 is 0 Å². The molecular formula is C34H27ClNNaO5. The monoisotopic (exact) mass is 587 g/mol.